The van der Waals surface area contributed by atoms with Gasteiger partial charge in [-0.05, 0) is 24.1 Å². The molecule has 0 fully saturated rings. The Kier molecular flexibility index (Phi) is 5.21. The monoisotopic (exact) mass is 362 g/mol. The number of rotatable bonds is 6. The number of halogens is 2. The molecule has 23 heavy (non-hydrogen) atoms. The summed E-state index contributed by atoms with van der Waals surface area (Å²) in [7, 11) is -3.47. The van der Waals surface area contributed by atoms with Crippen molar-refractivity contribution in [2.75, 3.05) is 16.3 Å². The number of amides is 1. The molecule has 124 valence electrons. The van der Waals surface area contributed by atoms with Crippen LogP contribution in [0.15, 0.2) is 18.2 Å². The Morgan fingerprint density at radius 2 is 1.91 bits per heavy atom. The smallest absolute Gasteiger partial charge is 0.231 e. The lowest BCUT2D eigenvalue weighted by molar-refractivity contribution is -0.116. The van der Waals surface area contributed by atoms with Crippen LogP contribution in [0.4, 0.5) is 19.0 Å². The fourth-order valence-corrected chi connectivity index (χ4v) is 3.10. The van der Waals surface area contributed by atoms with E-state index in [-0.39, 0.29) is 23.1 Å². The van der Waals surface area contributed by atoms with Crippen molar-refractivity contribution in [3.05, 3.63) is 35.4 Å². The van der Waals surface area contributed by atoms with E-state index in [1.807, 2.05) is 0 Å². The number of carbonyl (C=O) groups excluding carboxylic acids is 1. The Morgan fingerprint density at radius 3 is 2.57 bits per heavy atom. The second-order valence-electron chi connectivity index (χ2n) is 4.58. The van der Waals surface area contributed by atoms with Crippen LogP contribution in [0.5, 0.6) is 0 Å². The summed E-state index contributed by atoms with van der Waals surface area (Å²) in [6, 6.07) is 3.42. The summed E-state index contributed by atoms with van der Waals surface area (Å²) < 4.78 is 50.0. The first kappa shape index (κ1) is 17.2. The van der Waals surface area contributed by atoms with Crippen molar-refractivity contribution in [1.29, 1.82) is 0 Å². The molecule has 0 aliphatic heterocycles. The van der Waals surface area contributed by atoms with Gasteiger partial charge in [0.25, 0.3) is 0 Å². The first-order chi connectivity index (χ1) is 10.7. The molecule has 0 spiro atoms. The van der Waals surface area contributed by atoms with Crippen molar-refractivity contribution < 1.29 is 22.0 Å². The van der Waals surface area contributed by atoms with E-state index in [0.717, 1.165) is 29.7 Å². The summed E-state index contributed by atoms with van der Waals surface area (Å²) in [6.45, 7) is 0. The van der Waals surface area contributed by atoms with Crippen LogP contribution in [0.25, 0.3) is 0 Å². The highest BCUT2D eigenvalue weighted by Gasteiger charge is 2.11. The second-order valence-corrected chi connectivity index (χ2v) is 7.31. The molecule has 0 bridgehead atoms. The van der Waals surface area contributed by atoms with Crippen LogP contribution in [0.1, 0.15) is 12.0 Å². The quantitative estimate of drug-likeness (QED) is 0.815. The number of sulfonamides is 1. The minimum atomic E-state index is -3.47. The molecule has 2 aromatic rings. The first-order valence-electron chi connectivity index (χ1n) is 6.28. The molecular weight excluding hydrogens is 350 g/mol. The normalized spacial score (nSPS) is 11.3. The minimum Gasteiger partial charge on any atom is -0.300 e. The van der Waals surface area contributed by atoms with Gasteiger partial charge in [0.15, 0.2) is 11.6 Å². The second kappa shape index (κ2) is 6.96. The maximum Gasteiger partial charge on any atom is 0.231 e. The predicted molar refractivity (Wildman–Crippen MR) is 81.7 cm³/mol. The zero-order valence-corrected chi connectivity index (χ0v) is 13.5. The van der Waals surface area contributed by atoms with Crippen LogP contribution in [0, 0.1) is 11.6 Å². The van der Waals surface area contributed by atoms with Crippen LogP contribution < -0.4 is 10.0 Å². The standard InChI is InChI=1S/C12H12F2N4O3S2/c1-23(20,21)18-12-17-16-11(22-12)15-10(19)5-3-7-2-4-8(13)9(14)6-7/h2,4,6H,3,5H2,1H3,(H,17,18)(H,15,16,19). The fourth-order valence-electron chi connectivity index (χ4n) is 1.61. The summed E-state index contributed by atoms with van der Waals surface area (Å²) in [5.74, 6) is -2.32. The van der Waals surface area contributed by atoms with Crippen molar-refractivity contribution in [3.8, 4) is 0 Å². The molecule has 11 heteroatoms. The highest BCUT2D eigenvalue weighted by atomic mass is 32.2. The maximum absolute atomic E-state index is 13.0. The Labute approximate surface area is 134 Å². The molecule has 1 heterocycles. The third kappa shape index (κ3) is 5.53. The van der Waals surface area contributed by atoms with Gasteiger partial charge in [0.05, 0.1) is 6.26 Å². The summed E-state index contributed by atoms with van der Waals surface area (Å²) in [4.78, 5) is 11.8. The molecule has 0 radical (unpaired) electrons. The largest absolute Gasteiger partial charge is 0.300 e. The number of nitrogens with zero attached hydrogens (tertiary/aromatic N) is 2. The lowest BCUT2D eigenvalue weighted by Gasteiger charge is -2.02. The number of anilines is 2. The maximum atomic E-state index is 13.0. The van der Waals surface area contributed by atoms with Crippen molar-refractivity contribution >= 4 is 37.5 Å². The minimum absolute atomic E-state index is 0.0273. The molecule has 2 N–H and O–H groups in total. The summed E-state index contributed by atoms with van der Waals surface area (Å²) in [5.41, 5.74) is 0.482. The Hall–Kier alpha value is -2.14. The van der Waals surface area contributed by atoms with Gasteiger partial charge >= 0.3 is 0 Å². The zero-order chi connectivity index (χ0) is 17.0. The molecule has 0 saturated heterocycles. The van der Waals surface area contributed by atoms with E-state index in [9.17, 15) is 22.0 Å². The van der Waals surface area contributed by atoms with Crippen molar-refractivity contribution in [1.82, 2.24) is 10.2 Å². The summed E-state index contributed by atoms with van der Waals surface area (Å²) >= 11 is 0.860. The van der Waals surface area contributed by atoms with Crippen LogP contribution in [0.2, 0.25) is 0 Å². The Morgan fingerprint density at radius 1 is 1.22 bits per heavy atom. The average molecular weight is 362 g/mol. The Balaban J connectivity index is 1.88. The lowest BCUT2D eigenvalue weighted by atomic mass is 10.1. The molecule has 1 aromatic carbocycles. The topological polar surface area (TPSA) is 101 Å². The molecule has 0 aliphatic carbocycles. The van der Waals surface area contributed by atoms with E-state index in [0.29, 0.717) is 5.56 Å². The average Bonchev–Trinajstić information content (AvgIpc) is 2.85. The summed E-state index contributed by atoms with van der Waals surface area (Å²) in [6.07, 6.45) is 1.21. The molecule has 0 aliphatic rings. The van der Waals surface area contributed by atoms with Gasteiger partial charge in [0.2, 0.25) is 26.2 Å². The van der Waals surface area contributed by atoms with Gasteiger partial charge in [-0.1, -0.05) is 17.4 Å². The van der Waals surface area contributed by atoms with Gasteiger partial charge in [-0.25, -0.2) is 17.2 Å². The molecule has 1 amide bonds. The van der Waals surface area contributed by atoms with E-state index in [1.54, 1.807) is 0 Å². The molecule has 7 nitrogen and oxygen atoms in total. The van der Waals surface area contributed by atoms with Crippen molar-refractivity contribution in [3.63, 3.8) is 0 Å². The molecule has 2 rings (SSSR count). The number of hydrogen-bond acceptors (Lipinski definition) is 6. The van der Waals surface area contributed by atoms with E-state index in [1.165, 1.54) is 6.07 Å². The van der Waals surface area contributed by atoms with Crippen LogP contribution in [0.3, 0.4) is 0 Å². The van der Waals surface area contributed by atoms with Gasteiger partial charge in [-0.3, -0.25) is 9.52 Å². The number of hydrogen-bond donors (Lipinski definition) is 2. The van der Waals surface area contributed by atoms with Crippen LogP contribution >= 0.6 is 11.3 Å². The first-order valence-corrected chi connectivity index (χ1v) is 8.99. The van der Waals surface area contributed by atoms with Gasteiger partial charge in [-0.2, -0.15) is 0 Å². The molecular formula is C12H12F2N4O3S2. The number of benzene rings is 1. The van der Waals surface area contributed by atoms with E-state index in [4.69, 9.17) is 0 Å². The van der Waals surface area contributed by atoms with Gasteiger partial charge in [-0.15, -0.1) is 10.2 Å². The molecule has 0 atom stereocenters. The zero-order valence-electron chi connectivity index (χ0n) is 11.8. The SMILES string of the molecule is CS(=O)(=O)Nc1nnc(NC(=O)CCc2ccc(F)c(F)c2)s1. The molecule has 0 unspecified atom stereocenters. The number of nitrogens with one attached hydrogen (secondary N) is 2. The third-order valence-electron chi connectivity index (χ3n) is 2.57. The van der Waals surface area contributed by atoms with E-state index in [2.05, 4.69) is 20.2 Å². The highest BCUT2D eigenvalue weighted by molar-refractivity contribution is 7.92. The Bertz CT molecular complexity index is 823. The van der Waals surface area contributed by atoms with Crippen LogP contribution in [-0.4, -0.2) is 30.8 Å². The van der Waals surface area contributed by atoms with Gasteiger partial charge in [0, 0.05) is 6.42 Å². The van der Waals surface area contributed by atoms with Crippen molar-refractivity contribution in [2.45, 2.75) is 12.8 Å². The highest BCUT2D eigenvalue weighted by Crippen LogP contribution is 2.21. The number of carbonyl (C=O) groups is 1. The summed E-state index contributed by atoms with van der Waals surface area (Å²) in [5, 5.41) is 9.80. The fraction of sp³-hybridized carbons (Fsp3) is 0.250. The number of aryl methyl sites for hydroxylation is 1. The third-order valence-corrected chi connectivity index (χ3v) is 4.02. The van der Waals surface area contributed by atoms with E-state index < -0.39 is 27.6 Å². The molecule has 0 saturated carbocycles. The van der Waals surface area contributed by atoms with Gasteiger partial charge in [0.1, 0.15) is 0 Å². The predicted octanol–water partition coefficient (Wildman–Crippen LogP) is 1.76. The van der Waals surface area contributed by atoms with Crippen LogP contribution in [-0.2, 0) is 21.2 Å². The lowest BCUT2D eigenvalue weighted by Crippen LogP contribution is -2.12. The van der Waals surface area contributed by atoms with Crippen molar-refractivity contribution in [2.24, 2.45) is 0 Å². The number of aromatic nitrogens is 2. The van der Waals surface area contributed by atoms with E-state index >= 15 is 0 Å². The molecule has 1 aromatic heterocycles. The van der Waals surface area contributed by atoms with Gasteiger partial charge < -0.3 is 5.32 Å².